The van der Waals surface area contributed by atoms with Crippen LogP contribution in [-0.2, 0) is 4.79 Å². The third-order valence-electron chi connectivity index (χ3n) is 4.43. The molecule has 0 aliphatic carbocycles. The van der Waals surface area contributed by atoms with Crippen LogP contribution in [0.15, 0.2) is 36.4 Å². The highest BCUT2D eigenvalue weighted by atomic mass is 16.5. The summed E-state index contributed by atoms with van der Waals surface area (Å²) in [5.41, 5.74) is 2.34. The lowest BCUT2D eigenvalue weighted by molar-refractivity contribution is -0.104. The number of allylic oxidation sites excluding steroid dienone is 1. The maximum absolute atomic E-state index is 10.6. The largest absolute Gasteiger partial charge is 0.504 e. The van der Waals surface area contributed by atoms with Crippen LogP contribution in [-0.4, -0.2) is 37.3 Å². The van der Waals surface area contributed by atoms with E-state index in [1.54, 1.807) is 24.3 Å². The van der Waals surface area contributed by atoms with Crippen LogP contribution in [0.3, 0.4) is 0 Å². The van der Waals surface area contributed by atoms with Gasteiger partial charge in [-0.25, -0.2) is 0 Å². The highest BCUT2D eigenvalue weighted by Crippen LogP contribution is 2.51. The number of rotatable bonds is 6. The van der Waals surface area contributed by atoms with Crippen LogP contribution in [0.5, 0.6) is 23.0 Å². The molecule has 1 heterocycles. The zero-order valence-corrected chi connectivity index (χ0v) is 14.5. The number of fused-ring (bicyclic) bond motifs is 1. The molecular formula is C20H20O6. The number of hydrogen-bond acceptors (Lipinski definition) is 6. The van der Waals surface area contributed by atoms with E-state index in [1.807, 2.05) is 6.07 Å². The van der Waals surface area contributed by atoms with Crippen molar-refractivity contribution in [1.29, 1.82) is 0 Å². The molecule has 2 N–H and O–H groups in total. The van der Waals surface area contributed by atoms with Gasteiger partial charge in [-0.3, -0.25) is 4.79 Å². The number of carbonyl (C=O) groups excluding carboxylic acids is 1. The van der Waals surface area contributed by atoms with Gasteiger partial charge in [0, 0.05) is 5.56 Å². The maximum Gasteiger partial charge on any atom is 0.165 e. The van der Waals surface area contributed by atoms with E-state index < -0.39 is 6.10 Å². The van der Waals surface area contributed by atoms with Gasteiger partial charge in [0.25, 0.3) is 0 Å². The minimum atomic E-state index is -0.455. The van der Waals surface area contributed by atoms with Gasteiger partial charge in [-0.05, 0) is 41.5 Å². The molecule has 0 saturated carbocycles. The summed E-state index contributed by atoms with van der Waals surface area (Å²) in [6.07, 6.45) is 3.31. The van der Waals surface area contributed by atoms with Gasteiger partial charge in [0.1, 0.15) is 12.4 Å². The number of carbonyl (C=O) groups is 1. The smallest absolute Gasteiger partial charge is 0.165 e. The number of aliphatic hydroxyl groups is 1. The van der Waals surface area contributed by atoms with Gasteiger partial charge in [0.2, 0.25) is 0 Å². The Balaban J connectivity index is 2.06. The van der Waals surface area contributed by atoms with E-state index in [9.17, 15) is 15.0 Å². The summed E-state index contributed by atoms with van der Waals surface area (Å²) in [4.78, 5) is 10.6. The lowest BCUT2D eigenvalue weighted by Crippen LogP contribution is -2.13. The molecule has 6 nitrogen and oxygen atoms in total. The predicted octanol–water partition coefficient (Wildman–Crippen LogP) is 2.83. The lowest BCUT2D eigenvalue weighted by Gasteiger charge is -2.18. The van der Waals surface area contributed by atoms with Crippen molar-refractivity contribution in [3.63, 3.8) is 0 Å². The van der Waals surface area contributed by atoms with Crippen molar-refractivity contribution in [1.82, 2.24) is 0 Å². The first kappa shape index (κ1) is 17.8. The molecule has 0 bridgehead atoms. The molecule has 0 amide bonds. The van der Waals surface area contributed by atoms with Crippen LogP contribution < -0.4 is 14.2 Å². The standard InChI is InChI=1S/C20H20O6/c1-24-17-10-13(5-6-16(17)23)19-15(11-22)14-8-12(4-3-7-21)9-18(25-2)20(14)26-19/h3-10,15,19,22-23H,11H2,1-2H3/b4-3+/t15-,19+/m1/s1. The first-order chi connectivity index (χ1) is 12.6. The molecule has 136 valence electrons. The second kappa shape index (κ2) is 7.49. The number of ether oxygens (including phenoxy) is 3. The molecule has 0 saturated heterocycles. The zero-order chi connectivity index (χ0) is 18.7. The van der Waals surface area contributed by atoms with Crippen LogP contribution in [0, 0.1) is 0 Å². The van der Waals surface area contributed by atoms with Crippen molar-refractivity contribution in [2.75, 3.05) is 20.8 Å². The van der Waals surface area contributed by atoms with Crippen LogP contribution in [0.25, 0.3) is 6.08 Å². The third-order valence-corrected chi connectivity index (χ3v) is 4.43. The van der Waals surface area contributed by atoms with Gasteiger partial charge in [-0.2, -0.15) is 0 Å². The van der Waals surface area contributed by atoms with Gasteiger partial charge < -0.3 is 24.4 Å². The summed E-state index contributed by atoms with van der Waals surface area (Å²) in [6.45, 7) is -0.134. The second-order valence-corrected chi connectivity index (χ2v) is 5.90. The summed E-state index contributed by atoms with van der Waals surface area (Å²) >= 11 is 0. The summed E-state index contributed by atoms with van der Waals surface area (Å²) in [7, 11) is 3.01. The molecule has 6 heteroatoms. The molecule has 2 aromatic rings. The minimum Gasteiger partial charge on any atom is -0.504 e. The van der Waals surface area contributed by atoms with Crippen LogP contribution in [0.1, 0.15) is 28.7 Å². The van der Waals surface area contributed by atoms with E-state index in [1.165, 1.54) is 26.4 Å². The fourth-order valence-corrected chi connectivity index (χ4v) is 3.18. The molecule has 0 spiro atoms. The molecule has 1 aliphatic rings. The fraction of sp³-hybridized carbons (Fsp3) is 0.250. The van der Waals surface area contributed by atoms with E-state index >= 15 is 0 Å². The summed E-state index contributed by atoms with van der Waals surface area (Å²) in [5.74, 6) is 1.14. The van der Waals surface area contributed by atoms with E-state index in [0.717, 1.165) is 16.7 Å². The molecule has 0 unspecified atom stereocenters. The van der Waals surface area contributed by atoms with Crippen molar-refractivity contribution >= 4 is 12.4 Å². The first-order valence-electron chi connectivity index (χ1n) is 8.11. The van der Waals surface area contributed by atoms with Crippen molar-refractivity contribution in [2.24, 2.45) is 0 Å². The Hall–Kier alpha value is -2.99. The van der Waals surface area contributed by atoms with Crippen molar-refractivity contribution in [2.45, 2.75) is 12.0 Å². The first-order valence-corrected chi connectivity index (χ1v) is 8.11. The Labute approximate surface area is 151 Å². The predicted molar refractivity (Wildman–Crippen MR) is 95.9 cm³/mol. The lowest BCUT2D eigenvalue weighted by atomic mass is 9.90. The van der Waals surface area contributed by atoms with E-state index in [4.69, 9.17) is 14.2 Å². The van der Waals surface area contributed by atoms with Crippen molar-refractivity contribution in [3.8, 4) is 23.0 Å². The van der Waals surface area contributed by atoms with Gasteiger partial charge >= 0.3 is 0 Å². The van der Waals surface area contributed by atoms with Gasteiger partial charge in [0.15, 0.2) is 23.0 Å². The average molecular weight is 356 g/mol. The van der Waals surface area contributed by atoms with E-state index in [0.29, 0.717) is 23.5 Å². The van der Waals surface area contributed by atoms with Crippen molar-refractivity contribution < 1.29 is 29.2 Å². The molecule has 1 aliphatic heterocycles. The van der Waals surface area contributed by atoms with E-state index in [2.05, 4.69) is 0 Å². The number of aldehydes is 1. The Morgan fingerprint density at radius 1 is 1.15 bits per heavy atom. The molecule has 26 heavy (non-hydrogen) atoms. The number of aliphatic hydroxyl groups excluding tert-OH is 1. The molecule has 0 radical (unpaired) electrons. The van der Waals surface area contributed by atoms with Gasteiger partial charge in [-0.15, -0.1) is 0 Å². The van der Waals surface area contributed by atoms with Gasteiger partial charge in [-0.1, -0.05) is 12.1 Å². The van der Waals surface area contributed by atoms with Crippen LogP contribution >= 0.6 is 0 Å². The maximum atomic E-state index is 10.6. The van der Waals surface area contributed by atoms with Crippen molar-refractivity contribution in [3.05, 3.63) is 53.1 Å². The Morgan fingerprint density at radius 2 is 1.92 bits per heavy atom. The van der Waals surface area contributed by atoms with E-state index in [-0.39, 0.29) is 18.3 Å². The number of phenolic OH excluding ortho intramolecular Hbond substituents is 1. The quantitative estimate of drug-likeness (QED) is 0.612. The molecule has 3 rings (SSSR count). The number of phenols is 1. The molecule has 2 aromatic carbocycles. The van der Waals surface area contributed by atoms with Crippen LogP contribution in [0.4, 0.5) is 0 Å². The second-order valence-electron chi connectivity index (χ2n) is 5.90. The normalized spacial score (nSPS) is 18.4. The molecule has 2 atom stereocenters. The Kier molecular flexibility index (Phi) is 5.14. The molecule has 0 fully saturated rings. The monoisotopic (exact) mass is 356 g/mol. The average Bonchev–Trinajstić information content (AvgIpc) is 3.04. The number of benzene rings is 2. The topological polar surface area (TPSA) is 85.2 Å². The number of hydrogen-bond donors (Lipinski definition) is 2. The Morgan fingerprint density at radius 3 is 2.58 bits per heavy atom. The third kappa shape index (κ3) is 3.11. The number of aromatic hydroxyl groups is 1. The minimum absolute atomic E-state index is 0.0335. The summed E-state index contributed by atoms with van der Waals surface area (Å²) in [5, 5.41) is 19.8. The van der Waals surface area contributed by atoms with Crippen LogP contribution in [0.2, 0.25) is 0 Å². The zero-order valence-electron chi connectivity index (χ0n) is 14.5. The molecule has 0 aromatic heterocycles. The summed E-state index contributed by atoms with van der Waals surface area (Å²) < 4.78 is 16.7. The molecular weight excluding hydrogens is 336 g/mol. The SMILES string of the molecule is COc1cc([C@@H]2Oc3c(OC)cc(/C=C/C=O)cc3[C@H]2CO)ccc1O. The highest BCUT2D eigenvalue weighted by molar-refractivity contribution is 5.75. The summed E-state index contributed by atoms with van der Waals surface area (Å²) in [6, 6.07) is 8.60. The van der Waals surface area contributed by atoms with Gasteiger partial charge in [0.05, 0.1) is 26.7 Å². The number of methoxy groups -OCH3 is 2. The fourth-order valence-electron chi connectivity index (χ4n) is 3.18. The highest BCUT2D eigenvalue weighted by Gasteiger charge is 2.37. The Bertz CT molecular complexity index is 842.